The topological polar surface area (TPSA) is 26.3 Å². The van der Waals surface area contributed by atoms with Crippen LogP contribution in [0.15, 0.2) is 36.4 Å². The molecule has 0 aliphatic carbocycles. The molecule has 0 saturated heterocycles. The third kappa shape index (κ3) is 1.80. The first-order chi connectivity index (χ1) is 8.24. The highest BCUT2D eigenvalue weighted by molar-refractivity contribution is 5.89. The van der Waals surface area contributed by atoms with Gasteiger partial charge >= 0.3 is 5.97 Å². The third-order valence-electron chi connectivity index (χ3n) is 3.29. The third-order valence-corrected chi connectivity index (χ3v) is 3.29. The lowest BCUT2D eigenvalue weighted by Gasteiger charge is -2.10. The smallest absolute Gasteiger partial charge is 0.311 e. The van der Waals surface area contributed by atoms with Crippen molar-refractivity contribution < 1.29 is 9.53 Å². The number of carbonyl (C=O) groups excluding carboxylic acids is 1. The zero-order valence-corrected chi connectivity index (χ0v) is 9.77. The van der Waals surface area contributed by atoms with Gasteiger partial charge in [-0.05, 0) is 29.2 Å². The molecule has 0 bridgehead atoms. The van der Waals surface area contributed by atoms with Crippen molar-refractivity contribution in [2.24, 2.45) is 5.92 Å². The zero-order valence-electron chi connectivity index (χ0n) is 9.77. The van der Waals surface area contributed by atoms with E-state index < -0.39 is 0 Å². The van der Waals surface area contributed by atoms with Crippen molar-refractivity contribution in [3.05, 3.63) is 42.0 Å². The van der Waals surface area contributed by atoms with E-state index in [1.165, 1.54) is 16.3 Å². The molecule has 0 spiro atoms. The van der Waals surface area contributed by atoms with Gasteiger partial charge in [-0.2, -0.15) is 0 Å². The summed E-state index contributed by atoms with van der Waals surface area (Å²) in [5, 5.41) is 2.41. The molecule has 1 heterocycles. The molecule has 0 aromatic heterocycles. The second kappa shape index (κ2) is 3.88. The second-order valence-corrected chi connectivity index (χ2v) is 4.75. The maximum atomic E-state index is 11.6. The van der Waals surface area contributed by atoms with Crippen LogP contribution in [0.3, 0.4) is 0 Å². The van der Waals surface area contributed by atoms with Crippen molar-refractivity contribution in [2.45, 2.75) is 19.8 Å². The van der Waals surface area contributed by atoms with Crippen LogP contribution < -0.4 is 4.74 Å². The normalized spacial score (nSPS) is 19.6. The summed E-state index contributed by atoms with van der Waals surface area (Å²) in [4.78, 5) is 11.6. The Morgan fingerprint density at radius 2 is 1.94 bits per heavy atom. The lowest BCUT2D eigenvalue weighted by Crippen LogP contribution is -2.09. The van der Waals surface area contributed by atoms with Crippen molar-refractivity contribution >= 4 is 16.7 Å². The number of carbonyl (C=O) groups is 1. The Kier molecular flexibility index (Phi) is 2.36. The fraction of sp³-hybridized carbons (Fsp3) is 0.267. The number of hydrogen-bond donors (Lipinski definition) is 0. The molecular weight excluding hydrogens is 212 g/mol. The molecule has 0 N–H and O–H groups in total. The highest BCUT2D eigenvalue weighted by Crippen LogP contribution is 2.33. The zero-order chi connectivity index (χ0) is 11.8. The quantitative estimate of drug-likeness (QED) is 0.508. The molecule has 86 valence electrons. The lowest BCUT2D eigenvalue weighted by molar-refractivity contribution is -0.134. The van der Waals surface area contributed by atoms with Crippen molar-refractivity contribution in [1.29, 1.82) is 0 Å². The molecule has 0 fully saturated rings. The molecule has 2 heteroatoms. The molecule has 0 saturated carbocycles. The van der Waals surface area contributed by atoms with E-state index in [2.05, 4.69) is 19.1 Å². The molecular formula is C15H14O2. The van der Waals surface area contributed by atoms with Gasteiger partial charge in [0.2, 0.25) is 0 Å². The number of fused-ring (bicyclic) bond motifs is 3. The fourth-order valence-electron chi connectivity index (χ4n) is 2.49. The summed E-state index contributed by atoms with van der Waals surface area (Å²) in [7, 11) is 0. The minimum atomic E-state index is -0.119. The standard InChI is InChI=1S/C15H14O2/c1-10-8-13-12-5-3-2-4-11(12)6-7-14(13)17-15(16)9-10/h2-7,10H,8-9H2,1H3/t10-/m0/s1. The van der Waals surface area contributed by atoms with E-state index in [1.807, 2.05) is 24.3 Å². The van der Waals surface area contributed by atoms with Gasteiger partial charge in [-0.15, -0.1) is 0 Å². The summed E-state index contributed by atoms with van der Waals surface area (Å²) in [6, 6.07) is 12.2. The van der Waals surface area contributed by atoms with Gasteiger partial charge in [-0.25, -0.2) is 0 Å². The molecule has 1 aliphatic rings. The molecule has 2 nitrogen and oxygen atoms in total. The van der Waals surface area contributed by atoms with Crippen LogP contribution in [0.2, 0.25) is 0 Å². The Labute approximate surface area is 100 Å². The molecule has 1 aliphatic heterocycles. The summed E-state index contributed by atoms with van der Waals surface area (Å²) < 4.78 is 5.40. The predicted octanol–water partition coefficient (Wildman–Crippen LogP) is 3.33. The Morgan fingerprint density at radius 1 is 1.12 bits per heavy atom. The van der Waals surface area contributed by atoms with Crippen LogP contribution >= 0.6 is 0 Å². The monoisotopic (exact) mass is 226 g/mol. The summed E-state index contributed by atoms with van der Waals surface area (Å²) in [5.74, 6) is 0.958. The lowest BCUT2D eigenvalue weighted by atomic mass is 9.94. The van der Waals surface area contributed by atoms with Gasteiger partial charge in [0.25, 0.3) is 0 Å². The van der Waals surface area contributed by atoms with Crippen molar-refractivity contribution in [3.63, 3.8) is 0 Å². The van der Waals surface area contributed by atoms with Gasteiger partial charge in [-0.1, -0.05) is 37.3 Å². The van der Waals surface area contributed by atoms with E-state index in [0.29, 0.717) is 12.3 Å². The largest absolute Gasteiger partial charge is 0.426 e. The maximum Gasteiger partial charge on any atom is 0.311 e. The molecule has 1 atom stereocenters. The molecule has 2 aromatic rings. The maximum absolute atomic E-state index is 11.6. The minimum absolute atomic E-state index is 0.119. The summed E-state index contributed by atoms with van der Waals surface area (Å²) >= 11 is 0. The summed E-state index contributed by atoms with van der Waals surface area (Å²) in [6.07, 6.45) is 1.41. The molecule has 2 aromatic carbocycles. The van der Waals surface area contributed by atoms with Crippen LogP contribution in [-0.2, 0) is 11.2 Å². The highest BCUT2D eigenvalue weighted by Gasteiger charge is 2.21. The van der Waals surface area contributed by atoms with Gasteiger partial charge in [0.15, 0.2) is 0 Å². The molecule has 0 amide bonds. The molecule has 3 rings (SSSR count). The van der Waals surface area contributed by atoms with E-state index in [-0.39, 0.29) is 5.97 Å². The van der Waals surface area contributed by atoms with E-state index >= 15 is 0 Å². The van der Waals surface area contributed by atoms with Crippen LogP contribution in [0.25, 0.3) is 10.8 Å². The van der Waals surface area contributed by atoms with E-state index in [4.69, 9.17) is 4.74 Å². The van der Waals surface area contributed by atoms with Crippen molar-refractivity contribution in [1.82, 2.24) is 0 Å². The van der Waals surface area contributed by atoms with E-state index in [0.717, 1.165) is 12.2 Å². The van der Waals surface area contributed by atoms with Crippen LogP contribution in [0.5, 0.6) is 5.75 Å². The molecule has 0 radical (unpaired) electrons. The average Bonchev–Trinajstić information content (AvgIpc) is 2.46. The van der Waals surface area contributed by atoms with Crippen molar-refractivity contribution in [3.8, 4) is 5.75 Å². The van der Waals surface area contributed by atoms with Crippen LogP contribution in [0, 0.1) is 5.92 Å². The minimum Gasteiger partial charge on any atom is -0.426 e. The Hall–Kier alpha value is -1.83. The number of esters is 1. The Balaban J connectivity index is 2.24. The summed E-state index contributed by atoms with van der Waals surface area (Å²) in [6.45, 7) is 2.10. The number of hydrogen-bond acceptors (Lipinski definition) is 2. The van der Waals surface area contributed by atoms with Crippen LogP contribution in [0.1, 0.15) is 18.9 Å². The highest BCUT2D eigenvalue weighted by atomic mass is 16.5. The SMILES string of the molecule is C[C@@H]1CC(=O)Oc2ccc3ccccc3c2C1. The predicted molar refractivity (Wildman–Crippen MR) is 67.1 cm³/mol. The Morgan fingerprint density at radius 3 is 2.82 bits per heavy atom. The first-order valence-corrected chi connectivity index (χ1v) is 5.95. The summed E-state index contributed by atoms with van der Waals surface area (Å²) in [5.41, 5.74) is 1.17. The molecule has 0 unspecified atom stereocenters. The second-order valence-electron chi connectivity index (χ2n) is 4.75. The fourth-order valence-corrected chi connectivity index (χ4v) is 2.49. The number of benzene rings is 2. The van der Waals surface area contributed by atoms with E-state index in [9.17, 15) is 4.79 Å². The van der Waals surface area contributed by atoms with Crippen LogP contribution in [-0.4, -0.2) is 5.97 Å². The van der Waals surface area contributed by atoms with Gasteiger partial charge in [0.1, 0.15) is 5.75 Å². The Bertz CT molecular complexity index is 586. The van der Waals surface area contributed by atoms with Gasteiger partial charge in [-0.3, -0.25) is 4.79 Å². The van der Waals surface area contributed by atoms with E-state index in [1.54, 1.807) is 0 Å². The van der Waals surface area contributed by atoms with Gasteiger partial charge < -0.3 is 4.74 Å². The van der Waals surface area contributed by atoms with Crippen LogP contribution in [0.4, 0.5) is 0 Å². The molecule has 17 heavy (non-hydrogen) atoms. The van der Waals surface area contributed by atoms with Gasteiger partial charge in [0.05, 0.1) is 0 Å². The first kappa shape index (κ1) is 10.3. The first-order valence-electron chi connectivity index (χ1n) is 5.95. The number of rotatable bonds is 0. The number of ether oxygens (including phenoxy) is 1. The average molecular weight is 226 g/mol. The van der Waals surface area contributed by atoms with Gasteiger partial charge in [0, 0.05) is 12.0 Å². The van der Waals surface area contributed by atoms with Crippen molar-refractivity contribution in [2.75, 3.05) is 0 Å².